The minimum Gasteiger partial charge on any atom is -0.292 e. The van der Waals surface area contributed by atoms with E-state index in [9.17, 15) is 4.57 Å². The van der Waals surface area contributed by atoms with Gasteiger partial charge in [0.15, 0.2) is 0 Å². The van der Waals surface area contributed by atoms with Crippen molar-refractivity contribution >= 4 is 13.6 Å². The second-order valence-electron chi connectivity index (χ2n) is 4.70. The molecule has 0 fully saturated rings. The van der Waals surface area contributed by atoms with Crippen molar-refractivity contribution < 1.29 is 13.6 Å². The van der Waals surface area contributed by atoms with E-state index in [0.717, 1.165) is 31.2 Å². The summed E-state index contributed by atoms with van der Waals surface area (Å²) in [5, 5.41) is 2.80. The molecule has 0 aromatic carbocycles. The third kappa shape index (κ3) is 6.51. The molecule has 0 aliphatic rings. The minimum absolute atomic E-state index is 0.415. The molecular weight excluding hydrogens is 275 g/mol. The van der Waals surface area contributed by atoms with E-state index in [4.69, 9.17) is 9.05 Å². The Bertz CT molecular complexity index is 409. The van der Waals surface area contributed by atoms with Crippen molar-refractivity contribution in [2.45, 2.75) is 46.5 Å². The molecule has 1 aromatic rings. The van der Waals surface area contributed by atoms with Gasteiger partial charge in [-0.05, 0) is 31.4 Å². The van der Waals surface area contributed by atoms with Gasteiger partial charge in [0.1, 0.15) is 5.82 Å². The topological polar surface area (TPSA) is 60.5 Å². The predicted molar refractivity (Wildman–Crippen MR) is 81.9 cm³/mol. The highest BCUT2D eigenvalue weighted by Crippen LogP contribution is 2.47. The third-order valence-corrected chi connectivity index (χ3v) is 4.23. The standard InChI is InChI=1S/C14H25N2O3P/c1-4-6-10-18-20(17,19-11-7-5-2)16-14-9-8-13(3)12-15-14/h8-9,12H,4-7,10-11H2,1-3H3,(H,15,16,17). The zero-order valence-corrected chi connectivity index (χ0v) is 13.5. The number of rotatable bonds is 10. The quantitative estimate of drug-likeness (QED) is 0.507. The monoisotopic (exact) mass is 300 g/mol. The summed E-state index contributed by atoms with van der Waals surface area (Å²) < 4.78 is 23.5. The van der Waals surface area contributed by atoms with Crippen molar-refractivity contribution in [3.05, 3.63) is 23.9 Å². The largest absolute Gasteiger partial charge is 0.433 e. The first kappa shape index (κ1) is 17.2. The zero-order chi connectivity index (χ0) is 14.8. The molecule has 0 bridgehead atoms. The maximum Gasteiger partial charge on any atom is 0.433 e. The molecule has 0 unspecified atom stereocenters. The van der Waals surface area contributed by atoms with E-state index < -0.39 is 7.75 Å². The van der Waals surface area contributed by atoms with Crippen molar-refractivity contribution in [3.63, 3.8) is 0 Å². The second-order valence-corrected chi connectivity index (χ2v) is 6.44. The lowest BCUT2D eigenvalue weighted by Gasteiger charge is -2.19. The number of nitrogens with zero attached hydrogens (tertiary/aromatic N) is 1. The van der Waals surface area contributed by atoms with Crippen LogP contribution in [0.3, 0.4) is 0 Å². The molecule has 1 rings (SSSR count). The number of unbranched alkanes of at least 4 members (excludes halogenated alkanes) is 2. The van der Waals surface area contributed by atoms with Gasteiger partial charge in [0.25, 0.3) is 0 Å². The molecule has 0 amide bonds. The molecule has 0 aliphatic carbocycles. The molecule has 0 aliphatic heterocycles. The first-order valence-electron chi connectivity index (χ1n) is 7.19. The predicted octanol–water partition coefficient (Wildman–Crippen LogP) is 4.54. The van der Waals surface area contributed by atoms with Crippen LogP contribution in [0.15, 0.2) is 18.3 Å². The van der Waals surface area contributed by atoms with Crippen LogP contribution in [0.5, 0.6) is 0 Å². The van der Waals surface area contributed by atoms with Crippen molar-refractivity contribution in [1.82, 2.24) is 4.98 Å². The number of hydrogen-bond donors (Lipinski definition) is 1. The fourth-order valence-corrected chi connectivity index (χ4v) is 2.79. The summed E-state index contributed by atoms with van der Waals surface area (Å²) in [5.74, 6) is 0.506. The van der Waals surface area contributed by atoms with Gasteiger partial charge in [0, 0.05) is 6.20 Å². The highest BCUT2D eigenvalue weighted by Gasteiger charge is 2.25. The normalized spacial score (nSPS) is 11.6. The molecule has 0 saturated heterocycles. The Morgan fingerprint density at radius 1 is 1.15 bits per heavy atom. The Morgan fingerprint density at radius 2 is 1.75 bits per heavy atom. The van der Waals surface area contributed by atoms with Crippen LogP contribution in [0, 0.1) is 6.92 Å². The fraction of sp³-hybridized carbons (Fsp3) is 0.643. The number of aryl methyl sites for hydroxylation is 1. The van der Waals surface area contributed by atoms with Crippen LogP contribution in [0.1, 0.15) is 45.1 Å². The number of nitrogens with one attached hydrogen (secondary N) is 1. The fourth-order valence-electron chi connectivity index (χ4n) is 1.43. The first-order valence-corrected chi connectivity index (χ1v) is 8.74. The van der Waals surface area contributed by atoms with Crippen molar-refractivity contribution in [3.8, 4) is 0 Å². The van der Waals surface area contributed by atoms with Gasteiger partial charge in [0.05, 0.1) is 13.2 Å². The highest BCUT2D eigenvalue weighted by atomic mass is 31.2. The molecule has 114 valence electrons. The number of anilines is 1. The summed E-state index contributed by atoms with van der Waals surface area (Å²) in [7, 11) is -3.33. The molecule has 0 radical (unpaired) electrons. The van der Waals surface area contributed by atoms with E-state index in [1.54, 1.807) is 12.3 Å². The van der Waals surface area contributed by atoms with Crippen LogP contribution in [-0.4, -0.2) is 18.2 Å². The first-order chi connectivity index (χ1) is 9.59. The molecule has 1 aromatic heterocycles. The maximum atomic E-state index is 12.6. The SMILES string of the molecule is CCCCOP(=O)(Nc1ccc(C)cn1)OCCCC. The van der Waals surface area contributed by atoms with Crippen molar-refractivity contribution in [2.24, 2.45) is 0 Å². The molecule has 6 heteroatoms. The lowest BCUT2D eigenvalue weighted by atomic mass is 10.3. The van der Waals surface area contributed by atoms with E-state index >= 15 is 0 Å². The summed E-state index contributed by atoms with van der Waals surface area (Å²) in [4.78, 5) is 4.18. The number of pyridine rings is 1. The van der Waals surface area contributed by atoms with E-state index in [1.807, 2.05) is 13.0 Å². The average Bonchev–Trinajstić information content (AvgIpc) is 2.42. The van der Waals surface area contributed by atoms with Crippen molar-refractivity contribution in [2.75, 3.05) is 18.3 Å². The van der Waals surface area contributed by atoms with Gasteiger partial charge in [-0.15, -0.1) is 0 Å². The van der Waals surface area contributed by atoms with Crippen LogP contribution >= 0.6 is 7.75 Å². The summed E-state index contributed by atoms with van der Waals surface area (Å²) >= 11 is 0. The smallest absolute Gasteiger partial charge is 0.292 e. The van der Waals surface area contributed by atoms with Gasteiger partial charge in [-0.25, -0.2) is 9.55 Å². The van der Waals surface area contributed by atoms with E-state index in [-0.39, 0.29) is 0 Å². The Morgan fingerprint density at radius 3 is 2.20 bits per heavy atom. The van der Waals surface area contributed by atoms with E-state index in [0.29, 0.717) is 19.0 Å². The van der Waals surface area contributed by atoms with Gasteiger partial charge >= 0.3 is 7.75 Å². The van der Waals surface area contributed by atoms with Gasteiger partial charge < -0.3 is 0 Å². The van der Waals surface area contributed by atoms with Gasteiger partial charge in [-0.2, -0.15) is 0 Å². The molecule has 0 atom stereocenters. The van der Waals surface area contributed by atoms with Crippen LogP contribution in [0.2, 0.25) is 0 Å². The molecule has 1 N–H and O–H groups in total. The number of hydrogen-bond acceptors (Lipinski definition) is 4. The maximum absolute atomic E-state index is 12.6. The molecule has 0 saturated carbocycles. The summed E-state index contributed by atoms with van der Waals surface area (Å²) in [6.07, 6.45) is 5.38. The lowest BCUT2D eigenvalue weighted by Crippen LogP contribution is -2.08. The van der Waals surface area contributed by atoms with Crippen LogP contribution in [0.25, 0.3) is 0 Å². The highest BCUT2D eigenvalue weighted by molar-refractivity contribution is 7.55. The molecule has 1 heterocycles. The molecule has 0 spiro atoms. The van der Waals surface area contributed by atoms with Gasteiger partial charge in [-0.1, -0.05) is 32.8 Å². The Kier molecular flexibility index (Phi) is 7.82. The Hall–Kier alpha value is -0.900. The van der Waals surface area contributed by atoms with E-state index in [2.05, 4.69) is 23.9 Å². The lowest BCUT2D eigenvalue weighted by molar-refractivity contribution is 0.204. The van der Waals surface area contributed by atoms with E-state index in [1.165, 1.54) is 0 Å². The summed E-state index contributed by atoms with van der Waals surface area (Å²) in [5.41, 5.74) is 1.05. The molecule has 5 nitrogen and oxygen atoms in total. The average molecular weight is 300 g/mol. The minimum atomic E-state index is -3.33. The summed E-state index contributed by atoms with van der Waals surface area (Å²) in [6.45, 7) is 6.89. The van der Waals surface area contributed by atoms with Crippen LogP contribution in [0.4, 0.5) is 5.82 Å². The zero-order valence-electron chi connectivity index (χ0n) is 12.6. The third-order valence-electron chi connectivity index (χ3n) is 2.68. The van der Waals surface area contributed by atoms with Crippen molar-refractivity contribution in [1.29, 1.82) is 0 Å². The second kappa shape index (κ2) is 9.11. The van der Waals surface area contributed by atoms with Gasteiger partial charge in [-0.3, -0.25) is 14.1 Å². The number of aromatic nitrogens is 1. The Labute approximate surface area is 121 Å². The Balaban J connectivity index is 2.64. The van der Waals surface area contributed by atoms with Crippen LogP contribution in [-0.2, 0) is 13.6 Å². The van der Waals surface area contributed by atoms with Gasteiger partial charge in [0.2, 0.25) is 0 Å². The molecule has 20 heavy (non-hydrogen) atoms. The van der Waals surface area contributed by atoms with Crippen LogP contribution < -0.4 is 5.09 Å². The molecular formula is C14H25N2O3P. The summed E-state index contributed by atoms with van der Waals surface area (Å²) in [6, 6.07) is 3.67.